The molecule has 0 heterocycles. The number of aliphatic hydroxyl groups excluding tert-OH is 1. The van der Waals surface area contributed by atoms with E-state index in [1.807, 2.05) is 0 Å². The number of nitro groups is 1. The highest BCUT2D eigenvalue weighted by atomic mass is 35.5. The SMILES string of the molecule is O=[N+]([O-])c1ccc(Sc2cccc(Cl)c2)c(C(O)P(=O)(O)O)c1. The number of benzene rings is 2. The van der Waals surface area contributed by atoms with Crippen LogP contribution in [0.15, 0.2) is 52.3 Å². The molecule has 0 saturated carbocycles. The second kappa shape index (κ2) is 7.00. The van der Waals surface area contributed by atoms with Gasteiger partial charge in [-0.25, -0.2) is 0 Å². The van der Waals surface area contributed by atoms with Gasteiger partial charge in [-0.3, -0.25) is 14.7 Å². The molecule has 0 fully saturated rings. The molecule has 23 heavy (non-hydrogen) atoms. The van der Waals surface area contributed by atoms with E-state index in [1.54, 1.807) is 24.3 Å². The zero-order valence-electron chi connectivity index (χ0n) is 11.4. The van der Waals surface area contributed by atoms with Crippen LogP contribution in [0.5, 0.6) is 0 Å². The highest BCUT2D eigenvalue weighted by Crippen LogP contribution is 2.52. The topological polar surface area (TPSA) is 121 Å². The van der Waals surface area contributed by atoms with Crippen molar-refractivity contribution in [3.05, 3.63) is 63.2 Å². The maximum atomic E-state index is 11.3. The molecule has 122 valence electrons. The zero-order valence-corrected chi connectivity index (χ0v) is 13.8. The van der Waals surface area contributed by atoms with Gasteiger partial charge in [-0.15, -0.1) is 0 Å². The van der Waals surface area contributed by atoms with Gasteiger partial charge in [-0.2, -0.15) is 0 Å². The standard InChI is InChI=1S/C13H11ClNO6PS/c14-8-2-1-3-10(6-8)23-12-5-4-9(15(17)18)7-11(12)13(16)22(19,20)21/h1-7,13,16H,(H2,19,20,21). The van der Waals surface area contributed by atoms with Crippen molar-refractivity contribution in [2.45, 2.75) is 15.6 Å². The van der Waals surface area contributed by atoms with Crippen molar-refractivity contribution in [2.24, 2.45) is 0 Å². The van der Waals surface area contributed by atoms with E-state index in [9.17, 15) is 19.8 Å². The van der Waals surface area contributed by atoms with E-state index in [4.69, 9.17) is 21.4 Å². The summed E-state index contributed by atoms with van der Waals surface area (Å²) in [7, 11) is -4.88. The Labute approximate surface area is 140 Å². The molecule has 3 N–H and O–H groups in total. The Morgan fingerprint density at radius 1 is 1.22 bits per heavy atom. The predicted molar refractivity (Wildman–Crippen MR) is 85.7 cm³/mol. The summed E-state index contributed by atoms with van der Waals surface area (Å²) in [6.45, 7) is 0. The van der Waals surface area contributed by atoms with Crippen molar-refractivity contribution < 1.29 is 24.4 Å². The number of hydrogen-bond acceptors (Lipinski definition) is 5. The summed E-state index contributed by atoms with van der Waals surface area (Å²) in [4.78, 5) is 29.4. The molecule has 0 saturated heterocycles. The Kier molecular flexibility index (Phi) is 5.46. The van der Waals surface area contributed by atoms with Crippen LogP contribution in [-0.4, -0.2) is 19.8 Å². The molecule has 2 rings (SSSR count). The quantitative estimate of drug-likeness (QED) is 0.415. The number of rotatable bonds is 5. The van der Waals surface area contributed by atoms with E-state index in [0.717, 1.165) is 17.8 Å². The van der Waals surface area contributed by atoms with Crippen molar-refractivity contribution in [3.63, 3.8) is 0 Å². The Balaban J connectivity index is 2.49. The van der Waals surface area contributed by atoms with Crippen LogP contribution in [0, 0.1) is 10.1 Å². The first-order valence-corrected chi connectivity index (χ1v) is 9.01. The molecule has 0 aliphatic rings. The van der Waals surface area contributed by atoms with Crippen molar-refractivity contribution in [1.82, 2.24) is 0 Å². The number of nitro benzene ring substituents is 1. The van der Waals surface area contributed by atoms with Crippen molar-refractivity contribution in [1.29, 1.82) is 0 Å². The van der Waals surface area contributed by atoms with Crippen LogP contribution >= 0.6 is 31.0 Å². The molecular formula is C13H11ClNO6PS. The third-order valence-corrected chi connectivity index (χ3v) is 5.06. The van der Waals surface area contributed by atoms with E-state index in [0.29, 0.717) is 9.92 Å². The predicted octanol–water partition coefficient (Wildman–Crippen LogP) is 3.57. The molecule has 7 nitrogen and oxygen atoms in total. The van der Waals surface area contributed by atoms with Gasteiger partial charge in [0.05, 0.1) is 4.92 Å². The van der Waals surface area contributed by atoms with Gasteiger partial charge in [0.15, 0.2) is 5.85 Å². The minimum Gasteiger partial charge on any atom is -0.376 e. The average molecular weight is 376 g/mol. The summed E-state index contributed by atoms with van der Waals surface area (Å²) >= 11 is 6.96. The van der Waals surface area contributed by atoms with Gasteiger partial charge >= 0.3 is 7.60 Å². The van der Waals surface area contributed by atoms with E-state index >= 15 is 0 Å². The van der Waals surface area contributed by atoms with Gasteiger partial charge in [0, 0.05) is 32.5 Å². The number of halogens is 1. The molecule has 0 radical (unpaired) electrons. The van der Waals surface area contributed by atoms with Crippen LogP contribution in [-0.2, 0) is 4.57 Å². The molecule has 1 atom stereocenters. The fourth-order valence-electron chi connectivity index (χ4n) is 1.78. The monoisotopic (exact) mass is 375 g/mol. The molecule has 1 unspecified atom stereocenters. The van der Waals surface area contributed by atoms with Crippen molar-refractivity contribution in [2.75, 3.05) is 0 Å². The second-order valence-electron chi connectivity index (χ2n) is 4.50. The second-order valence-corrected chi connectivity index (χ2v) is 7.72. The minimum absolute atomic E-state index is 0.211. The molecule has 0 aliphatic heterocycles. The van der Waals surface area contributed by atoms with E-state index in [1.165, 1.54) is 12.1 Å². The van der Waals surface area contributed by atoms with Gasteiger partial charge in [-0.05, 0) is 24.3 Å². The molecule has 10 heteroatoms. The molecule has 0 bridgehead atoms. The van der Waals surface area contributed by atoms with Crippen LogP contribution < -0.4 is 0 Å². The first-order chi connectivity index (χ1) is 10.7. The normalized spacial score (nSPS) is 12.9. The number of aliphatic hydroxyl groups is 1. The Bertz CT molecular complexity index is 796. The summed E-state index contributed by atoms with van der Waals surface area (Å²) in [6.07, 6.45) is 0. The summed E-state index contributed by atoms with van der Waals surface area (Å²) < 4.78 is 11.3. The molecule has 0 amide bonds. The van der Waals surface area contributed by atoms with E-state index < -0.39 is 18.4 Å². The average Bonchev–Trinajstić information content (AvgIpc) is 2.45. The zero-order chi connectivity index (χ0) is 17.2. The summed E-state index contributed by atoms with van der Waals surface area (Å²) in [5, 5.41) is 21.2. The lowest BCUT2D eigenvalue weighted by molar-refractivity contribution is -0.385. The van der Waals surface area contributed by atoms with Gasteiger partial charge < -0.3 is 14.9 Å². The molecule has 0 aliphatic carbocycles. The van der Waals surface area contributed by atoms with E-state index in [2.05, 4.69) is 0 Å². The Morgan fingerprint density at radius 3 is 2.48 bits per heavy atom. The molecule has 2 aromatic rings. The Hall–Kier alpha value is -1.41. The summed E-state index contributed by atoms with van der Waals surface area (Å²) in [6, 6.07) is 10.2. The van der Waals surface area contributed by atoms with Crippen molar-refractivity contribution in [3.8, 4) is 0 Å². The lowest BCUT2D eigenvalue weighted by Gasteiger charge is -2.16. The third-order valence-electron chi connectivity index (χ3n) is 2.82. The number of non-ortho nitro benzene ring substituents is 1. The fraction of sp³-hybridized carbons (Fsp3) is 0.0769. The van der Waals surface area contributed by atoms with Crippen LogP contribution in [0.1, 0.15) is 11.4 Å². The molecule has 2 aromatic carbocycles. The highest BCUT2D eigenvalue weighted by Gasteiger charge is 2.31. The lowest BCUT2D eigenvalue weighted by atomic mass is 10.2. The first kappa shape index (κ1) is 17.9. The van der Waals surface area contributed by atoms with Crippen molar-refractivity contribution >= 4 is 36.6 Å². The summed E-state index contributed by atoms with van der Waals surface area (Å²) in [5.41, 5.74) is -0.583. The molecule has 0 aromatic heterocycles. The van der Waals surface area contributed by atoms with E-state index in [-0.39, 0.29) is 16.1 Å². The molecular weight excluding hydrogens is 365 g/mol. The largest absolute Gasteiger partial charge is 0.376 e. The third kappa shape index (κ3) is 4.54. The first-order valence-electron chi connectivity index (χ1n) is 6.13. The Morgan fingerprint density at radius 2 is 1.91 bits per heavy atom. The van der Waals surface area contributed by atoms with Gasteiger partial charge in [-0.1, -0.05) is 29.4 Å². The maximum Gasteiger partial charge on any atom is 0.358 e. The number of nitrogens with zero attached hydrogens (tertiary/aromatic N) is 1. The van der Waals surface area contributed by atoms with Gasteiger partial charge in [0.1, 0.15) is 0 Å². The van der Waals surface area contributed by atoms with Crippen LogP contribution in [0.4, 0.5) is 5.69 Å². The van der Waals surface area contributed by atoms with Crippen LogP contribution in [0.2, 0.25) is 5.02 Å². The minimum atomic E-state index is -4.88. The molecule has 0 spiro atoms. The number of hydrogen-bond donors (Lipinski definition) is 3. The lowest BCUT2D eigenvalue weighted by Crippen LogP contribution is -2.02. The van der Waals surface area contributed by atoms with Crippen LogP contribution in [0.3, 0.4) is 0 Å². The maximum absolute atomic E-state index is 11.3. The fourth-order valence-corrected chi connectivity index (χ4v) is 3.71. The van der Waals surface area contributed by atoms with Gasteiger partial charge in [0.25, 0.3) is 5.69 Å². The summed E-state index contributed by atoms with van der Waals surface area (Å²) in [5.74, 6) is -2.15. The smallest absolute Gasteiger partial charge is 0.358 e. The van der Waals surface area contributed by atoms with Gasteiger partial charge in [0.2, 0.25) is 0 Å². The van der Waals surface area contributed by atoms with Crippen LogP contribution in [0.25, 0.3) is 0 Å². The highest BCUT2D eigenvalue weighted by molar-refractivity contribution is 7.99.